The Balaban J connectivity index is 1.21. The maximum Gasteiger partial charge on any atom is 0.227 e. The fraction of sp³-hybridized carbons (Fsp3) is 0.242. The second kappa shape index (κ2) is 11.8. The number of fused-ring (bicyclic) bond motifs is 2. The van der Waals surface area contributed by atoms with Gasteiger partial charge in [0.2, 0.25) is 15.9 Å². The molecule has 0 bridgehead atoms. The monoisotopic (exact) mass is 641 g/mol. The number of carbonyl (C=O) groups is 1. The van der Waals surface area contributed by atoms with Gasteiger partial charge in [-0.05, 0) is 54.3 Å². The summed E-state index contributed by atoms with van der Waals surface area (Å²) in [5, 5.41) is 2.93. The summed E-state index contributed by atoms with van der Waals surface area (Å²) in [7, 11) is -3.48. The molecule has 4 heterocycles. The molecule has 13 heteroatoms. The number of amides is 1. The molecule has 1 amide bonds. The van der Waals surface area contributed by atoms with Crippen LogP contribution in [0.25, 0.3) is 33.4 Å². The van der Waals surface area contributed by atoms with Crippen LogP contribution in [0.1, 0.15) is 48.2 Å². The van der Waals surface area contributed by atoms with Crippen LogP contribution in [0.15, 0.2) is 66.0 Å². The number of aromatic nitrogens is 4. The van der Waals surface area contributed by atoms with Crippen LogP contribution in [0.3, 0.4) is 0 Å². The van der Waals surface area contributed by atoms with E-state index in [4.69, 9.17) is 4.98 Å². The molecule has 7 rings (SSSR count). The van der Waals surface area contributed by atoms with E-state index in [0.717, 1.165) is 31.9 Å². The van der Waals surface area contributed by atoms with Gasteiger partial charge >= 0.3 is 0 Å². The lowest BCUT2D eigenvalue weighted by molar-refractivity contribution is -0.119. The van der Waals surface area contributed by atoms with E-state index >= 15 is 4.39 Å². The maximum atomic E-state index is 16.3. The Morgan fingerprint density at radius 1 is 1.04 bits per heavy atom. The van der Waals surface area contributed by atoms with Gasteiger partial charge in [0.25, 0.3) is 0 Å². The lowest BCUT2D eigenvalue weighted by Gasteiger charge is -2.12. The molecule has 2 aliphatic rings. The molecule has 46 heavy (non-hydrogen) atoms. The molecule has 1 saturated carbocycles. The van der Waals surface area contributed by atoms with E-state index < -0.39 is 21.7 Å². The average molecular weight is 642 g/mol. The van der Waals surface area contributed by atoms with Gasteiger partial charge in [-0.3, -0.25) is 19.8 Å². The standard InChI is InChI=1S/C33H29F2N7O3S/c1-46(44,45)39-14-18-10-21(12-23(34)11-18)29-30-26(8-9-37-29)41-32(42-30)31-27-20(16-38-31)6-7-25(28(27)35)22-13-24(17-36-15-22)40-33(43)19-4-2-3-5-19/h6-13,15,17,19,39H,2-5,14,16H2,1H3,(H,40,43)(H,41,42). The Bertz CT molecular complexity index is 2160. The normalized spacial score (nSPS) is 14.9. The van der Waals surface area contributed by atoms with Crippen LogP contribution in [0.2, 0.25) is 0 Å². The summed E-state index contributed by atoms with van der Waals surface area (Å²) in [6.07, 6.45) is 9.51. The summed E-state index contributed by atoms with van der Waals surface area (Å²) in [5.41, 5.74) is 4.88. The molecular formula is C33H29F2N7O3S. The van der Waals surface area contributed by atoms with Crippen molar-refractivity contribution in [2.75, 3.05) is 11.6 Å². The fourth-order valence-corrected chi connectivity index (χ4v) is 6.54. The van der Waals surface area contributed by atoms with Crippen molar-refractivity contribution in [3.8, 4) is 22.4 Å². The lowest BCUT2D eigenvalue weighted by Crippen LogP contribution is -2.21. The number of hydrogen-bond donors (Lipinski definition) is 3. The lowest BCUT2D eigenvalue weighted by atomic mass is 9.97. The van der Waals surface area contributed by atoms with Crippen molar-refractivity contribution in [2.24, 2.45) is 10.9 Å². The topological polar surface area (TPSA) is 142 Å². The molecule has 5 aromatic rings. The molecule has 2 aromatic carbocycles. The predicted octanol–water partition coefficient (Wildman–Crippen LogP) is 5.49. The third-order valence-electron chi connectivity index (χ3n) is 8.31. The number of rotatable bonds is 8. The molecule has 234 valence electrons. The zero-order valence-electron chi connectivity index (χ0n) is 24.8. The molecule has 0 atom stereocenters. The quantitative estimate of drug-likeness (QED) is 0.205. The number of carbonyl (C=O) groups excluding carboxylic acids is 1. The summed E-state index contributed by atoms with van der Waals surface area (Å²) in [6.45, 7) is 0.173. The minimum absolute atomic E-state index is 0.0152. The van der Waals surface area contributed by atoms with Crippen LogP contribution < -0.4 is 10.0 Å². The number of hydrogen-bond acceptors (Lipinski definition) is 7. The number of benzene rings is 2. The number of anilines is 1. The Morgan fingerprint density at radius 3 is 2.67 bits per heavy atom. The van der Waals surface area contributed by atoms with Gasteiger partial charge in [0.1, 0.15) is 22.9 Å². The molecule has 0 unspecified atom stereocenters. The summed E-state index contributed by atoms with van der Waals surface area (Å²) in [6, 6.07) is 11.1. The molecule has 3 aromatic heterocycles. The number of pyridine rings is 2. The van der Waals surface area contributed by atoms with Crippen molar-refractivity contribution in [1.29, 1.82) is 0 Å². The molecule has 10 nitrogen and oxygen atoms in total. The summed E-state index contributed by atoms with van der Waals surface area (Å²) in [5.74, 6) is -0.776. The first-order valence-electron chi connectivity index (χ1n) is 14.8. The van der Waals surface area contributed by atoms with E-state index in [1.54, 1.807) is 42.9 Å². The van der Waals surface area contributed by atoms with Gasteiger partial charge in [0.15, 0.2) is 5.82 Å². The third kappa shape index (κ3) is 5.90. The number of halogens is 2. The Hall–Kier alpha value is -4.88. The Labute approximate surface area is 263 Å². The molecule has 0 spiro atoms. The highest BCUT2D eigenvalue weighted by atomic mass is 32.2. The molecule has 1 aliphatic heterocycles. The largest absolute Gasteiger partial charge is 0.337 e. The van der Waals surface area contributed by atoms with Gasteiger partial charge in [-0.2, -0.15) is 0 Å². The van der Waals surface area contributed by atoms with Crippen molar-refractivity contribution in [1.82, 2.24) is 24.7 Å². The maximum absolute atomic E-state index is 16.3. The number of aliphatic imine (C=N–C) groups is 1. The Kier molecular flexibility index (Phi) is 7.65. The van der Waals surface area contributed by atoms with Crippen LogP contribution in [0.5, 0.6) is 0 Å². The summed E-state index contributed by atoms with van der Waals surface area (Å²) >= 11 is 0. The highest BCUT2D eigenvalue weighted by Crippen LogP contribution is 2.34. The minimum atomic E-state index is -3.48. The van der Waals surface area contributed by atoms with Gasteiger partial charge < -0.3 is 10.3 Å². The SMILES string of the molecule is CS(=O)(=O)NCc1cc(F)cc(-c2nccc3[nH]c(C4=NCc5ccc(-c6cncc(NC(=O)C7CCCC7)c6)c(F)c54)nc23)c1. The van der Waals surface area contributed by atoms with Crippen molar-refractivity contribution >= 4 is 38.4 Å². The van der Waals surface area contributed by atoms with Crippen molar-refractivity contribution in [3.63, 3.8) is 0 Å². The van der Waals surface area contributed by atoms with Gasteiger partial charge in [0.05, 0.1) is 35.9 Å². The van der Waals surface area contributed by atoms with Crippen molar-refractivity contribution in [2.45, 2.75) is 38.8 Å². The van der Waals surface area contributed by atoms with Crippen molar-refractivity contribution < 1.29 is 22.0 Å². The summed E-state index contributed by atoms with van der Waals surface area (Å²) in [4.78, 5) is 33.9. The van der Waals surface area contributed by atoms with Gasteiger partial charge in [-0.25, -0.2) is 26.9 Å². The summed E-state index contributed by atoms with van der Waals surface area (Å²) < 4.78 is 56.5. The van der Waals surface area contributed by atoms with Gasteiger partial charge in [0, 0.05) is 47.1 Å². The number of nitrogens with one attached hydrogen (secondary N) is 3. The number of nitrogens with zero attached hydrogens (tertiary/aromatic N) is 4. The first-order valence-corrected chi connectivity index (χ1v) is 16.7. The number of aromatic amines is 1. The zero-order chi connectivity index (χ0) is 32.0. The second-order valence-electron chi connectivity index (χ2n) is 11.6. The van der Waals surface area contributed by atoms with E-state index in [2.05, 4.69) is 30.0 Å². The highest BCUT2D eigenvalue weighted by Gasteiger charge is 2.28. The minimum Gasteiger partial charge on any atom is -0.337 e. The first-order chi connectivity index (χ1) is 22.1. The molecule has 1 aliphatic carbocycles. The first kappa shape index (κ1) is 29.8. The Morgan fingerprint density at radius 2 is 1.87 bits per heavy atom. The van der Waals surface area contributed by atoms with Gasteiger partial charge in [-0.15, -0.1) is 0 Å². The molecule has 0 radical (unpaired) electrons. The van der Waals surface area contributed by atoms with Gasteiger partial charge in [-0.1, -0.05) is 25.0 Å². The van der Waals surface area contributed by atoms with E-state index in [1.807, 2.05) is 6.07 Å². The fourth-order valence-electron chi connectivity index (χ4n) is 6.11. The van der Waals surface area contributed by atoms with Crippen LogP contribution >= 0.6 is 0 Å². The van der Waals surface area contributed by atoms with E-state index in [1.165, 1.54) is 12.1 Å². The third-order valence-corrected chi connectivity index (χ3v) is 8.98. The van der Waals surface area contributed by atoms with Crippen LogP contribution in [-0.4, -0.2) is 46.2 Å². The van der Waals surface area contributed by atoms with Crippen LogP contribution in [0.4, 0.5) is 14.5 Å². The zero-order valence-corrected chi connectivity index (χ0v) is 25.6. The molecule has 0 saturated heterocycles. The van der Waals surface area contributed by atoms with E-state index in [9.17, 15) is 17.6 Å². The smallest absolute Gasteiger partial charge is 0.227 e. The molecule has 3 N–H and O–H groups in total. The molecule has 1 fully saturated rings. The van der Waals surface area contributed by atoms with E-state index in [0.29, 0.717) is 67.3 Å². The van der Waals surface area contributed by atoms with Crippen molar-refractivity contribution in [3.05, 3.63) is 95.2 Å². The predicted molar refractivity (Wildman–Crippen MR) is 171 cm³/mol. The van der Waals surface area contributed by atoms with Crippen LogP contribution in [-0.2, 0) is 27.9 Å². The average Bonchev–Trinajstić information content (AvgIpc) is 3.80. The number of sulfonamides is 1. The molecular weight excluding hydrogens is 612 g/mol. The second-order valence-corrected chi connectivity index (χ2v) is 13.5. The van der Waals surface area contributed by atoms with Crippen LogP contribution in [0, 0.1) is 17.6 Å². The number of H-pyrrole nitrogens is 1. The number of imidazole rings is 1. The van der Waals surface area contributed by atoms with E-state index in [-0.39, 0.29) is 24.9 Å². The highest BCUT2D eigenvalue weighted by molar-refractivity contribution is 7.88.